The zero-order valence-corrected chi connectivity index (χ0v) is 13.6. The largest absolute Gasteiger partial charge is 0.334 e. The normalized spacial score (nSPS) is 10.5. The summed E-state index contributed by atoms with van der Waals surface area (Å²) in [5.74, 6) is 0.198. The van der Waals surface area contributed by atoms with Gasteiger partial charge < -0.3 is 9.84 Å². The molecule has 3 aromatic rings. The third-order valence-electron chi connectivity index (χ3n) is 3.34. The highest BCUT2D eigenvalue weighted by Crippen LogP contribution is 2.28. The zero-order chi connectivity index (χ0) is 18.0. The number of hydrogen-bond donors (Lipinski definition) is 1. The molecule has 0 fully saturated rings. The van der Waals surface area contributed by atoms with E-state index in [-0.39, 0.29) is 22.2 Å². The van der Waals surface area contributed by atoms with Crippen molar-refractivity contribution in [3.05, 3.63) is 69.0 Å². The molecule has 0 spiro atoms. The number of halogens is 1. The molecule has 2 aromatic carbocycles. The molecule has 25 heavy (non-hydrogen) atoms. The average molecular weight is 359 g/mol. The van der Waals surface area contributed by atoms with Crippen molar-refractivity contribution in [3.63, 3.8) is 0 Å². The van der Waals surface area contributed by atoms with E-state index >= 15 is 0 Å². The molecule has 8 nitrogen and oxygen atoms in total. The highest BCUT2D eigenvalue weighted by molar-refractivity contribution is 6.32. The standard InChI is InChI=1S/C16H11ClN4O4/c1-9-18-16(25-20-9)11-4-2-3-5-13(11)19-15(22)10-6-7-12(17)14(8-10)21(23)24/h2-8H,1H3,(H,19,22). The molecule has 0 aliphatic carbocycles. The molecule has 0 atom stereocenters. The Bertz CT molecular complexity index is 970. The highest BCUT2D eigenvalue weighted by Gasteiger charge is 2.18. The van der Waals surface area contributed by atoms with Crippen molar-refractivity contribution in [2.45, 2.75) is 6.92 Å². The van der Waals surface area contributed by atoms with Crippen LogP contribution in [-0.2, 0) is 0 Å². The molecule has 0 saturated carbocycles. The lowest BCUT2D eigenvalue weighted by Gasteiger charge is -2.08. The number of carbonyl (C=O) groups is 1. The minimum Gasteiger partial charge on any atom is -0.334 e. The van der Waals surface area contributed by atoms with E-state index in [0.717, 1.165) is 6.07 Å². The second-order valence-electron chi connectivity index (χ2n) is 5.07. The van der Waals surface area contributed by atoms with Crippen LogP contribution in [0.15, 0.2) is 47.0 Å². The Labute approximate surface area is 146 Å². The van der Waals surface area contributed by atoms with E-state index < -0.39 is 10.8 Å². The lowest BCUT2D eigenvalue weighted by Crippen LogP contribution is -2.13. The van der Waals surface area contributed by atoms with Gasteiger partial charge in [0, 0.05) is 11.6 Å². The number of rotatable bonds is 4. The summed E-state index contributed by atoms with van der Waals surface area (Å²) in [6.45, 7) is 1.68. The molecule has 1 amide bonds. The van der Waals surface area contributed by atoms with E-state index in [9.17, 15) is 14.9 Å². The number of nitrogens with one attached hydrogen (secondary N) is 1. The van der Waals surface area contributed by atoms with Gasteiger partial charge in [-0.25, -0.2) is 0 Å². The molecule has 9 heteroatoms. The summed E-state index contributed by atoms with van der Waals surface area (Å²) < 4.78 is 5.13. The predicted molar refractivity (Wildman–Crippen MR) is 90.5 cm³/mol. The summed E-state index contributed by atoms with van der Waals surface area (Å²) in [5.41, 5.74) is 0.747. The molecule has 0 saturated heterocycles. The molecule has 126 valence electrons. The summed E-state index contributed by atoms with van der Waals surface area (Å²) in [5, 5.41) is 17.3. The third-order valence-corrected chi connectivity index (χ3v) is 3.66. The first-order chi connectivity index (χ1) is 12.0. The van der Waals surface area contributed by atoms with E-state index in [2.05, 4.69) is 15.5 Å². The Hall–Kier alpha value is -3.26. The fourth-order valence-electron chi connectivity index (χ4n) is 2.17. The van der Waals surface area contributed by atoms with Crippen LogP contribution in [0.4, 0.5) is 11.4 Å². The first kappa shape index (κ1) is 16.6. The maximum Gasteiger partial charge on any atom is 0.288 e. The van der Waals surface area contributed by atoms with Crippen LogP contribution in [0.25, 0.3) is 11.5 Å². The lowest BCUT2D eigenvalue weighted by molar-refractivity contribution is -0.384. The molecular formula is C16H11ClN4O4. The van der Waals surface area contributed by atoms with Crippen LogP contribution in [0, 0.1) is 17.0 Å². The second kappa shape index (κ2) is 6.70. The van der Waals surface area contributed by atoms with Gasteiger partial charge in [-0.1, -0.05) is 28.9 Å². The number of nitro benzene ring substituents is 1. The Morgan fingerprint density at radius 2 is 2.04 bits per heavy atom. The number of carbonyl (C=O) groups excluding carboxylic acids is 1. The number of benzene rings is 2. The van der Waals surface area contributed by atoms with E-state index in [0.29, 0.717) is 17.1 Å². The van der Waals surface area contributed by atoms with Gasteiger partial charge in [0.2, 0.25) is 0 Å². The number of nitro groups is 1. The van der Waals surface area contributed by atoms with Crippen LogP contribution in [-0.4, -0.2) is 21.0 Å². The Balaban J connectivity index is 1.92. The van der Waals surface area contributed by atoms with Crippen LogP contribution in [0.3, 0.4) is 0 Å². The second-order valence-corrected chi connectivity index (χ2v) is 5.48. The van der Waals surface area contributed by atoms with Gasteiger partial charge in [-0.15, -0.1) is 0 Å². The summed E-state index contributed by atoms with van der Waals surface area (Å²) in [6, 6.07) is 10.7. The monoisotopic (exact) mass is 358 g/mol. The molecule has 1 heterocycles. The lowest BCUT2D eigenvalue weighted by atomic mass is 10.1. The number of aromatic nitrogens is 2. The molecule has 0 bridgehead atoms. The minimum atomic E-state index is -0.645. The van der Waals surface area contributed by atoms with Crippen LogP contribution < -0.4 is 5.32 Å². The van der Waals surface area contributed by atoms with Crippen LogP contribution in [0.2, 0.25) is 5.02 Å². The van der Waals surface area contributed by atoms with E-state index in [1.54, 1.807) is 31.2 Å². The minimum absolute atomic E-state index is 0.0386. The summed E-state index contributed by atoms with van der Waals surface area (Å²) >= 11 is 5.76. The Kier molecular flexibility index (Phi) is 4.44. The first-order valence-corrected chi connectivity index (χ1v) is 7.48. The topological polar surface area (TPSA) is 111 Å². The molecule has 1 aromatic heterocycles. The average Bonchev–Trinajstić information content (AvgIpc) is 3.01. The van der Waals surface area contributed by atoms with Crippen molar-refractivity contribution in [2.75, 3.05) is 5.32 Å². The molecule has 1 N–H and O–H groups in total. The van der Waals surface area contributed by atoms with Gasteiger partial charge in [0.15, 0.2) is 5.82 Å². The summed E-state index contributed by atoms with van der Waals surface area (Å²) in [6.07, 6.45) is 0. The van der Waals surface area contributed by atoms with Gasteiger partial charge in [-0.05, 0) is 31.2 Å². The fourth-order valence-corrected chi connectivity index (χ4v) is 2.36. The van der Waals surface area contributed by atoms with Crippen molar-refractivity contribution in [2.24, 2.45) is 0 Å². The number of nitrogens with zero attached hydrogens (tertiary/aromatic N) is 3. The van der Waals surface area contributed by atoms with E-state index in [1.807, 2.05) is 0 Å². The van der Waals surface area contributed by atoms with Crippen LogP contribution in [0.1, 0.15) is 16.2 Å². The zero-order valence-electron chi connectivity index (χ0n) is 12.9. The first-order valence-electron chi connectivity index (χ1n) is 7.10. The quantitative estimate of drug-likeness (QED) is 0.560. The molecule has 0 radical (unpaired) electrons. The van der Waals surface area contributed by atoms with E-state index in [1.165, 1.54) is 12.1 Å². The van der Waals surface area contributed by atoms with E-state index in [4.69, 9.17) is 16.1 Å². The van der Waals surface area contributed by atoms with Crippen molar-refractivity contribution in [1.82, 2.24) is 10.1 Å². The molecule has 3 rings (SSSR count). The van der Waals surface area contributed by atoms with Crippen LogP contribution in [0.5, 0.6) is 0 Å². The molecular weight excluding hydrogens is 348 g/mol. The molecule has 0 aliphatic heterocycles. The van der Waals surface area contributed by atoms with Gasteiger partial charge >= 0.3 is 0 Å². The smallest absolute Gasteiger partial charge is 0.288 e. The third kappa shape index (κ3) is 3.48. The Morgan fingerprint density at radius 1 is 1.28 bits per heavy atom. The summed E-state index contributed by atoms with van der Waals surface area (Å²) in [7, 11) is 0. The van der Waals surface area contributed by atoms with Crippen molar-refractivity contribution >= 4 is 28.9 Å². The van der Waals surface area contributed by atoms with Crippen molar-refractivity contribution in [3.8, 4) is 11.5 Å². The maximum atomic E-state index is 12.4. The Morgan fingerprint density at radius 3 is 2.72 bits per heavy atom. The maximum absolute atomic E-state index is 12.4. The SMILES string of the molecule is Cc1noc(-c2ccccc2NC(=O)c2ccc(Cl)c([N+](=O)[O-])c2)n1. The highest BCUT2D eigenvalue weighted by atomic mass is 35.5. The number of aryl methyl sites for hydroxylation is 1. The summed E-state index contributed by atoms with van der Waals surface area (Å²) in [4.78, 5) is 26.9. The predicted octanol–water partition coefficient (Wildman–Crippen LogP) is 3.86. The fraction of sp³-hybridized carbons (Fsp3) is 0.0625. The van der Waals surface area contributed by atoms with Crippen molar-refractivity contribution in [1.29, 1.82) is 0 Å². The van der Waals surface area contributed by atoms with Gasteiger partial charge in [0.25, 0.3) is 17.5 Å². The molecule has 0 aliphatic rings. The van der Waals surface area contributed by atoms with Gasteiger partial charge in [0.1, 0.15) is 5.02 Å². The van der Waals surface area contributed by atoms with Gasteiger partial charge in [-0.2, -0.15) is 4.98 Å². The number of anilines is 1. The molecule has 0 unspecified atom stereocenters. The van der Waals surface area contributed by atoms with Gasteiger partial charge in [0.05, 0.1) is 16.2 Å². The number of hydrogen-bond acceptors (Lipinski definition) is 6. The number of amides is 1. The van der Waals surface area contributed by atoms with Crippen molar-refractivity contribution < 1.29 is 14.2 Å². The van der Waals surface area contributed by atoms with Gasteiger partial charge in [-0.3, -0.25) is 14.9 Å². The van der Waals surface area contributed by atoms with Crippen LogP contribution >= 0.6 is 11.6 Å². The number of para-hydroxylation sites is 1.